The van der Waals surface area contributed by atoms with Gasteiger partial charge in [-0.25, -0.2) is 17.5 Å². The van der Waals surface area contributed by atoms with Crippen molar-refractivity contribution < 1.29 is 32.0 Å². The van der Waals surface area contributed by atoms with Gasteiger partial charge < -0.3 is 19.8 Å². The third-order valence-electron chi connectivity index (χ3n) is 5.04. The number of rotatable bonds is 8. The summed E-state index contributed by atoms with van der Waals surface area (Å²) in [6.45, 7) is 3.09. The van der Waals surface area contributed by atoms with Gasteiger partial charge in [0.25, 0.3) is 11.8 Å². The number of para-hydroxylation sites is 1. The lowest BCUT2D eigenvalue weighted by molar-refractivity contribution is -0.123. The van der Waals surface area contributed by atoms with Crippen LogP contribution in [0.5, 0.6) is 0 Å². The maximum atomic E-state index is 12.8. The van der Waals surface area contributed by atoms with Crippen molar-refractivity contribution in [3.05, 3.63) is 77.7 Å². The molecule has 1 aromatic heterocycles. The minimum atomic E-state index is -3.70. The molecule has 2 aromatic carbocycles. The third-order valence-corrected chi connectivity index (χ3v) is 6.85. The molecule has 0 aliphatic heterocycles. The molecule has 3 rings (SSSR count). The van der Waals surface area contributed by atoms with Crippen LogP contribution in [0.1, 0.15) is 33.4 Å². The number of carbonyl (C=O) groups is 3. The molecule has 0 spiro atoms. The van der Waals surface area contributed by atoms with Crippen molar-refractivity contribution in [2.24, 2.45) is 0 Å². The molecule has 1 heterocycles. The number of anilines is 2. The highest BCUT2D eigenvalue weighted by Gasteiger charge is 2.24. The Morgan fingerprint density at radius 3 is 2.34 bits per heavy atom. The number of ether oxygens (including phenoxy) is 1. The van der Waals surface area contributed by atoms with Crippen molar-refractivity contribution in [1.29, 1.82) is 0 Å². The van der Waals surface area contributed by atoms with Gasteiger partial charge in [0.05, 0.1) is 22.4 Å². The Bertz CT molecular complexity index is 1350. The van der Waals surface area contributed by atoms with Crippen molar-refractivity contribution in [1.82, 2.24) is 4.31 Å². The maximum absolute atomic E-state index is 12.8. The molecule has 3 aromatic rings. The Morgan fingerprint density at radius 1 is 0.971 bits per heavy atom. The standard InChI is InChI=1S/C24H25N3O7S/c1-15-11-12-17(35(31,32)27(3)4)14-20(15)26-22(28)16(2)34-24(30)18-8-5-6-9-19(18)25-23(29)21-10-7-13-33-21/h5-14,16H,1-4H3,(H,25,29)(H,26,28). The molecule has 10 nitrogen and oxygen atoms in total. The second-order valence-corrected chi connectivity index (χ2v) is 9.93. The van der Waals surface area contributed by atoms with E-state index in [-0.39, 0.29) is 27.6 Å². The summed E-state index contributed by atoms with van der Waals surface area (Å²) < 4.78 is 36.2. The van der Waals surface area contributed by atoms with E-state index in [2.05, 4.69) is 10.6 Å². The number of hydrogen-bond acceptors (Lipinski definition) is 7. The first-order valence-corrected chi connectivity index (χ1v) is 11.9. The topological polar surface area (TPSA) is 135 Å². The number of aryl methyl sites for hydroxylation is 1. The highest BCUT2D eigenvalue weighted by Crippen LogP contribution is 2.23. The van der Waals surface area contributed by atoms with Crippen LogP contribution in [-0.2, 0) is 19.6 Å². The number of nitrogens with zero attached hydrogens (tertiary/aromatic N) is 1. The average Bonchev–Trinajstić information content (AvgIpc) is 3.35. The van der Waals surface area contributed by atoms with E-state index in [1.54, 1.807) is 31.2 Å². The second-order valence-electron chi connectivity index (χ2n) is 7.78. The van der Waals surface area contributed by atoms with Gasteiger partial charge in [-0.3, -0.25) is 9.59 Å². The zero-order chi connectivity index (χ0) is 25.8. The van der Waals surface area contributed by atoms with Crippen LogP contribution in [-0.4, -0.2) is 50.7 Å². The number of carbonyl (C=O) groups excluding carboxylic acids is 3. The summed E-state index contributed by atoms with van der Waals surface area (Å²) in [6, 6.07) is 13.6. The fourth-order valence-electron chi connectivity index (χ4n) is 2.98. The summed E-state index contributed by atoms with van der Waals surface area (Å²) >= 11 is 0. The van der Waals surface area contributed by atoms with Gasteiger partial charge in [-0.2, -0.15) is 0 Å². The monoisotopic (exact) mass is 499 g/mol. The van der Waals surface area contributed by atoms with Gasteiger partial charge in [-0.15, -0.1) is 0 Å². The molecule has 35 heavy (non-hydrogen) atoms. The molecule has 1 atom stereocenters. The Morgan fingerprint density at radius 2 is 1.69 bits per heavy atom. The van der Waals surface area contributed by atoms with Crippen LogP contribution in [0.4, 0.5) is 11.4 Å². The highest BCUT2D eigenvalue weighted by molar-refractivity contribution is 7.89. The van der Waals surface area contributed by atoms with Crippen LogP contribution in [0.2, 0.25) is 0 Å². The lowest BCUT2D eigenvalue weighted by atomic mass is 10.1. The minimum Gasteiger partial charge on any atom is -0.459 e. The van der Waals surface area contributed by atoms with Gasteiger partial charge in [-0.1, -0.05) is 18.2 Å². The van der Waals surface area contributed by atoms with E-state index in [1.807, 2.05) is 0 Å². The Hall–Kier alpha value is -3.96. The molecule has 0 saturated heterocycles. The maximum Gasteiger partial charge on any atom is 0.341 e. The normalized spacial score (nSPS) is 12.1. The quantitative estimate of drug-likeness (QED) is 0.454. The number of furan rings is 1. The van der Waals surface area contributed by atoms with Crippen molar-refractivity contribution in [2.45, 2.75) is 24.8 Å². The van der Waals surface area contributed by atoms with Crippen LogP contribution in [0.15, 0.2) is 70.2 Å². The third kappa shape index (κ3) is 5.94. The van der Waals surface area contributed by atoms with E-state index in [1.165, 1.54) is 57.6 Å². The van der Waals surface area contributed by atoms with Gasteiger partial charge >= 0.3 is 5.97 Å². The van der Waals surface area contributed by atoms with Gasteiger partial charge in [0.15, 0.2) is 11.9 Å². The Labute approximate surface area is 202 Å². The SMILES string of the molecule is Cc1ccc(S(=O)(=O)N(C)C)cc1NC(=O)C(C)OC(=O)c1ccccc1NC(=O)c1ccco1. The molecule has 0 fully saturated rings. The van der Waals surface area contributed by atoms with E-state index in [0.29, 0.717) is 5.56 Å². The highest BCUT2D eigenvalue weighted by atomic mass is 32.2. The van der Waals surface area contributed by atoms with Gasteiger partial charge in [0.1, 0.15) is 0 Å². The molecule has 0 bridgehead atoms. The second kappa shape index (κ2) is 10.5. The predicted molar refractivity (Wildman–Crippen MR) is 129 cm³/mol. The van der Waals surface area contributed by atoms with Gasteiger partial charge in [-0.05, 0) is 55.8 Å². The van der Waals surface area contributed by atoms with Crippen molar-refractivity contribution in [2.75, 3.05) is 24.7 Å². The number of amides is 2. The van der Waals surface area contributed by atoms with Crippen LogP contribution in [0.3, 0.4) is 0 Å². The number of benzene rings is 2. The summed E-state index contributed by atoms with van der Waals surface area (Å²) in [5.41, 5.74) is 1.12. The minimum absolute atomic E-state index is 0.00859. The van der Waals surface area contributed by atoms with E-state index in [9.17, 15) is 22.8 Å². The van der Waals surface area contributed by atoms with Crippen molar-refractivity contribution in [3.8, 4) is 0 Å². The summed E-state index contributed by atoms with van der Waals surface area (Å²) in [5, 5.41) is 5.18. The van der Waals surface area contributed by atoms with E-state index in [0.717, 1.165) is 4.31 Å². The number of sulfonamides is 1. The Balaban J connectivity index is 1.72. The molecular formula is C24H25N3O7S. The molecule has 2 amide bonds. The zero-order valence-corrected chi connectivity index (χ0v) is 20.4. The largest absolute Gasteiger partial charge is 0.459 e. The molecule has 0 aliphatic rings. The molecule has 0 aliphatic carbocycles. The van der Waals surface area contributed by atoms with E-state index in [4.69, 9.17) is 9.15 Å². The molecule has 184 valence electrons. The first-order chi connectivity index (χ1) is 16.5. The summed E-state index contributed by atoms with van der Waals surface area (Å²) in [7, 11) is -0.890. The lowest BCUT2D eigenvalue weighted by Gasteiger charge is -2.17. The first-order valence-electron chi connectivity index (χ1n) is 10.5. The molecule has 2 N–H and O–H groups in total. The van der Waals surface area contributed by atoms with E-state index < -0.39 is 33.9 Å². The predicted octanol–water partition coefficient (Wildman–Crippen LogP) is 3.27. The summed E-state index contributed by atoms with van der Waals surface area (Å²) in [4.78, 5) is 37.8. The van der Waals surface area contributed by atoms with Crippen LogP contribution >= 0.6 is 0 Å². The molecule has 0 saturated carbocycles. The van der Waals surface area contributed by atoms with Crippen molar-refractivity contribution in [3.63, 3.8) is 0 Å². The number of hydrogen-bond donors (Lipinski definition) is 2. The van der Waals surface area contributed by atoms with Gasteiger partial charge in [0, 0.05) is 19.8 Å². The van der Waals surface area contributed by atoms with Crippen molar-refractivity contribution >= 4 is 39.2 Å². The zero-order valence-electron chi connectivity index (χ0n) is 19.6. The Kier molecular flexibility index (Phi) is 7.72. The van der Waals surface area contributed by atoms with Crippen LogP contribution in [0, 0.1) is 6.92 Å². The molecule has 1 unspecified atom stereocenters. The molecule has 11 heteroatoms. The summed E-state index contributed by atoms with van der Waals surface area (Å²) in [6.07, 6.45) is 0.132. The number of esters is 1. The smallest absolute Gasteiger partial charge is 0.341 e. The lowest BCUT2D eigenvalue weighted by Crippen LogP contribution is -2.30. The van der Waals surface area contributed by atoms with Crippen LogP contribution in [0.25, 0.3) is 0 Å². The molecular weight excluding hydrogens is 474 g/mol. The molecule has 0 radical (unpaired) electrons. The fraction of sp³-hybridized carbons (Fsp3) is 0.208. The fourth-order valence-corrected chi connectivity index (χ4v) is 3.91. The number of nitrogens with one attached hydrogen (secondary N) is 2. The van der Waals surface area contributed by atoms with Crippen LogP contribution < -0.4 is 10.6 Å². The average molecular weight is 500 g/mol. The summed E-state index contributed by atoms with van der Waals surface area (Å²) in [5.74, 6) is -1.97. The van der Waals surface area contributed by atoms with Gasteiger partial charge in [0.2, 0.25) is 10.0 Å². The first kappa shape index (κ1) is 25.7. The van der Waals surface area contributed by atoms with E-state index >= 15 is 0 Å².